The number of hydrogen-bond donors (Lipinski definition) is 4. The lowest BCUT2D eigenvalue weighted by atomic mass is 9.85. The molecule has 3 fully saturated rings. The van der Waals surface area contributed by atoms with Gasteiger partial charge in [0.2, 0.25) is 37.7 Å². The minimum absolute atomic E-state index is 0.000680. The average Bonchev–Trinajstić information content (AvgIpc) is 4.07. The van der Waals surface area contributed by atoms with Gasteiger partial charge in [0.25, 0.3) is 5.91 Å². The van der Waals surface area contributed by atoms with Crippen molar-refractivity contribution in [1.29, 1.82) is 0 Å². The number of carbonyl (C=O) groups is 3. The van der Waals surface area contributed by atoms with Crippen LogP contribution in [-0.2, 0) is 34.4 Å². The van der Waals surface area contributed by atoms with Crippen molar-refractivity contribution in [2.24, 2.45) is 11.3 Å². The molecule has 2 saturated carbocycles. The van der Waals surface area contributed by atoms with Gasteiger partial charge in [-0.25, -0.2) is 26.5 Å². The molecular formula is C37H45ClN6O9S2. The Morgan fingerprint density at radius 2 is 1.82 bits per heavy atom. The fourth-order valence-electron chi connectivity index (χ4n) is 7.10. The second kappa shape index (κ2) is 15.0. The summed E-state index contributed by atoms with van der Waals surface area (Å²) >= 11 is 6.34. The number of sulfonamides is 2. The number of benzene rings is 2. The number of carbonyl (C=O) groups excluding carboxylic acids is 3. The Bertz CT molecular complexity index is 2260. The van der Waals surface area contributed by atoms with Gasteiger partial charge in [0, 0.05) is 40.4 Å². The van der Waals surface area contributed by atoms with Gasteiger partial charge >= 0.3 is 0 Å². The summed E-state index contributed by atoms with van der Waals surface area (Å²) in [7, 11) is -4.93. The van der Waals surface area contributed by atoms with Crippen LogP contribution in [-0.4, -0.2) is 94.1 Å². The quantitative estimate of drug-likeness (QED) is 0.173. The number of halogens is 1. The van der Waals surface area contributed by atoms with E-state index in [1.807, 2.05) is 0 Å². The molecule has 3 aromatic rings. The highest BCUT2D eigenvalue weighted by atomic mass is 35.5. The maximum Gasteiger partial charge on any atom is 0.254 e. The molecule has 0 bridgehead atoms. The molecule has 3 aliphatic rings. The predicted octanol–water partition coefficient (Wildman–Crippen LogP) is 3.35. The maximum absolute atomic E-state index is 14.3. The average molecular weight is 817 g/mol. The first kappa shape index (κ1) is 40.4. The van der Waals surface area contributed by atoms with Gasteiger partial charge in [-0.15, -0.1) is 6.58 Å². The molecule has 3 amide bonds. The Morgan fingerprint density at radius 3 is 2.44 bits per heavy atom. The van der Waals surface area contributed by atoms with E-state index in [2.05, 4.69) is 31.6 Å². The number of amides is 3. The number of hydrogen-bond acceptors (Lipinski definition) is 12. The third-order valence-electron chi connectivity index (χ3n) is 10.3. The van der Waals surface area contributed by atoms with E-state index in [4.69, 9.17) is 21.1 Å². The molecule has 18 heteroatoms. The zero-order valence-electron chi connectivity index (χ0n) is 31.1. The zero-order chi connectivity index (χ0) is 40.1. The van der Waals surface area contributed by atoms with Crippen molar-refractivity contribution in [3.05, 3.63) is 66.3 Å². The van der Waals surface area contributed by atoms with Gasteiger partial charge in [0.15, 0.2) is 0 Å². The number of nitrogens with one attached hydrogen (secondary N) is 4. The molecule has 296 valence electrons. The van der Waals surface area contributed by atoms with Crippen LogP contribution >= 0.6 is 11.6 Å². The monoisotopic (exact) mass is 816 g/mol. The molecule has 55 heavy (non-hydrogen) atoms. The minimum Gasteiger partial charge on any atom is -0.494 e. The van der Waals surface area contributed by atoms with E-state index >= 15 is 0 Å². The second-order valence-electron chi connectivity index (χ2n) is 15.1. The number of ether oxygens (including phenoxy) is 2. The summed E-state index contributed by atoms with van der Waals surface area (Å²) in [6.07, 6.45) is 3.37. The Morgan fingerprint density at radius 1 is 1.09 bits per heavy atom. The van der Waals surface area contributed by atoms with Crippen LogP contribution in [0.15, 0.2) is 66.2 Å². The summed E-state index contributed by atoms with van der Waals surface area (Å²) in [5.74, 6) is -2.03. The fraction of sp³-hybridized carbons (Fsp3) is 0.459. The summed E-state index contributed by atoms with van der Waals surface area (Å²) in [4.78, 5) is 48.4. The van der Waals surface area contributed by atoms with Gasteiger partial charge in [-0.05, 0) is 68.1 Å². The van der Waals surface area contributed by atoms with Crippen LogP contribution in [0.2, 0.25) is 5.02 Å². The molecular weight excluding hydrogens is 772 g/mol. The normalized spacial score (nSPS) is 23.4. The molecule has 1 aliphatic heterocycles. The smallest absolute Gasteiger partial charge is 0.254 e. The van der Waals surface area contributed by atoms with Crippen LogP contribution < -0.4 is 29.6 Å². The van der Waals surface area contributed by atoms with E-state index < -0.39 is 78.1 Å². The molecule has 1 saturated heterocycles. The van der Waals surface area contributed by atoms with Crippen molar-refractivity contribution in [3.8, 4) is 11.6 Å². The SMILES string of the molecule is C=C[C@@H]1C[C@@]1(C(=O)NS(=O)(=O)C1CC1)N1C[C@H](Oc2ncc(OC)c3ccc(Cl)cc23)C[C@H]1C(=O)NC(=O)[C@H](Nc1cccc(S(=O)(=O)NC)c1)C(C)(C)C. The van der Waals surface area contributed by atoms with Gasteiger partial charge in [-0.3, -0.25) is 29.3 Å². The van der Waals surface area contributed by atoms with Gasteiger partial charge in [-0.1, -0.05) is 44.5 Å². The summed E-state index contributed by atoms with van der Waals surface area (Å²) < 4.78 is 67.3. The van der Waals surface area contributed by atoms with Crippen molar-refractivity contribution in [2.45, 2.75) is 80.3 Å². The van der Waals surface area contributed by atoms with Crippen LogP contribution in [0.4, 0.5) is 5.69 Å². The lowest BCUT2D eigenvalue weighted by molar-refractivity contribution is -0.136. The van der Waals surface area contributed by atoms with Crippen LogP contribution in [0.5, 0.6) is 11.6 Å². The number of methoxy groups -OCH3 is 1. The largest absolute Gasteiger partial charge is 0.494 e. The van der Waals surface area contributed by atoms with E-state index in [1.165, 1.54) is 38.6 Å². The number of rotatable bonds is 14. The fourth-order valence-corrected chi connectivity index (χ4v) is 9.40. The Labute approximate surface area is 325 Å². The molecule has 0 spiro atoms. The van der Waals surface area contributed by atoms with Gasteiger partial charge < -0.3 is 14.8 Å². The lowest BCUT2D eigenvalue weighted by Crippen LogP contribution is -2.59. The highest BCUT2D eigenvalue weighted by molar-refractivity contribution is 7.91. The van der Waals surface area contributed by atoms with Crippen LogP contribution in [0, 0.1) is 11.3 Å². The van der Waals surface area contributed by atoms with Crippen LogP contribution in [0.1, 0.15) is 46.5 Å². The molecule has 6 rings (SSSR count). The van der Waals surface area contributed by atoms with Gasteiger partial charge in [0.1, 0.15) is 23.4 Å². The Kier molecular flexibility index (Phi) is 11.0. The first-order valence-electron chi connectivity index (χ1n) is 17.7. The van der Waals surface area contributed by atoms with Crippen molar-refractivity contribution >= 4 is 65.8 Å². The van der Waals surface area contributed by atoms with Crippen molar-refractivity contribution in [1.82, 2.24) is 24.6 Å². The van der Waals surface area contributed by atoms with Crippen LogP contribution in [0.25, 0.3) is 10.8 Å². The summed E-state index contributed by atoms with van der Waals surface area (Å²) in [6, 6.07) is 8.90. The number of imide groups is 1. The lowest BCUT2D eigenvalue weighted by Gasteiger charge is -2.34. The molecule has 2 aromatic carbocycles. The summed E-state index contributed by atoms with van der Waals surface area (Å²) in [5.41, 5.74) is -1.92. The minimum atomic E-state index is -3.95. The molecule has 1 aromatic heterocycles. The third kappa shape index (κ3) is 8.17. The predicted molar refractivity (Wildman–Crippen MR) is 207 cm³/mol. The molecule has 0 radical (unpaired) electrons. The van der Waals surface area contributed by atoms with E-state index in [0.29, 0.717) is 40.1 Å². The molecule has 5 atom stereocenters. The van der Waals surface area contributed by atoms with E-state index in [0.717, 1.165) is 0 Å². The number of fused-ring (bicyclic) bond motifs is 1. The second-order valence-corrected chi connectivity index (χ2v) is 19.4. The maximum atomic E-state index is 14.3. The summed E-state index contributed by atoms with van der Waals surface area (Å²) in [5, 5.41) is 6.60. The third-order valence-corrected chi connectivity index (χ3v) is 13.8. The molecule has 4 N–H and O–H groups in total. The first-order valence-corrected chi connectivity index (χ1v) is 21.1. The highest BCUT2D eigenvalue weighted by Gasteiger charge is 2.67. The Balaban J connectivity index is 1.31. The number of anilines is 1. The van der Waals surface area contributed by atoms with Crippen LogP contribution in [0.3, 0.4) is 0 Å². The van der Waals surface area contributed by atoms with E-state index in [1.54, 1.807) is 56.0 Å². The molecule has 2 heterocycles. The standard InChI is InChI=1S/C37H45ClN6O9S2/c1-7-21-18-37(21,35(47)43-55(50,51)25-12-13-25)44-20-24(53-34-28-15-22(38)11-14-27(28)30(52-6)19-40-34)17-29(44)32(45)42-33(46)31(36(2,3)4)41-23-9-8-10-26(16-23)54(48,49)39-5/h7-11,14-16,19,21,24-25,29,31,39,41H,1,12-13,17-18,20H2,2-6H3,(H,43,47)(H,42,45,46)/t21-,24-,29+,31+,37-/m1/s1. The number of likely N-dealkylation sites (tertiary alicyclic amines) is 1. The Hall–Kier alpha value is -4.29. The van der Waals surface area contributed by atoms with E-state index in [-0.39, 0.29) is 30.2 Å². The zero-order valence-corrected chi connectivity index (χ0v) is 33.5. The molecule has 0 unspecified atom stereocenters. The number of aromatic nitrogens is 1. The molecule has 15 nitrogen and oxygen atoms in total. The first-order chi connectivity index (χ1) is 25.8. The van der Waals surface area contributed by atoms with Crippen molar-refractivity contribution in [2.75, 3.05) is 26.0 Å². The number of nitrogens with zero attached hydrogens (tertiary/aromatic N) is 2. The van der Waals surface area contributed by atoms with E-state index in [9.17, 15) is 31.2 Å². The highest BCUT2D eigenvalue weighted by Crippen LogP contribution is 2.53. The topological polar surface area (TPSA) is 202 Å². The summed E-state index contributed by atoms with van der Waals surface area (Å²) in [6.45, 7) is 9.22. The van der Waals surface area contributed by atoms with Gasteiger partial charge in [0.05, 0.1) is 29.5 Å². The number of pyridine rings is 1. The van der Waals surface area contributed by atoms with Crippen molar-refractivity contribution < 1.29 is 40.7 Å². The van der Waals surface area contributed by atoms with Crippen molar-refractivity contribution in [3.63, 3.8) is 0 Å². The molecule has 2 aliphatic carbocycles. The van der Waals surface area contributed by atoms with Gasteiger partial charge in [-0.2, -0.15) is 0 Å².